The molecule has 2 aromatic rings. The van der Waals surface area contributed by atoms with Gasteiger partial charge in [-0.2, -0.15) is 0 Å². The minimum absolute atomic E-state index is 0.0236. The van der Waals surface area contributed by atoms with Gasteiger partial charge in [-0.1, -0.05) is 35.9 Å². The first-order valence-corrected chi connectivity index (χ1v) is 5.69. The third-order valence-electron chi connectivity index (χ3n) is 2.51. The smallest absolute Gasteiger partial charge is 0.307 e. The van der Waals surface area contributed by atoms with E-state index in [1.54, 1.807) is 30.3 Å². The maximum atomic E-state index is 13.2. The SMILES string of the molecule is O=C(O)Cc1ccc(-c2cc(F)cc(Cl)c2)cc1. The van der Waals surface area contributed by atoms with E-state index in [-0.39, 0.29) is 6.42 Å². The molecule has 0 aliphatic rings. The molecule has 2 rings (SSSR count). The van der Waals surface area contributed by atoms with Crippen molar-refractivity contribution in [2.24, 2.45) is 0 Å². The molecule has 0 saturated carbocycles. The van der Waals surface area contributed by atoms with Crippen molar-refractivity contribution in [3.05, 3.63) is 58.9 Å². The van der Waals surface area contributed by atoms with Crippen molar-refractivity contribution in [1.82, 2.24) is 0 Å². The van der Waals surface area contributed by atoms with Crippen LogP contribution in [0.1, 0.15) is 5.56 Å². The van der Waals surface area contributed by atoms with E-state index in [2.05, 4.69) is 0 Å². The van der Waals surface area contributed by atoms with Crippen molar-refractivity contribution < 1.29 is 14.3 Å². The number of hydrogen-bond donors (Lipinski definition) is 1. The lowest BCUT2D eigenvalue weighted by Crippen LogP contribution is -1.99. The molecule has 0 saturated heterocycles. The van der Waals surface area contributed by atoms with Gasteiger partial charge in [-0.15, -0.1) is 0 Å². The molecule has 4 heteroatoms. The van der Waals surface area contributed by atoms with E-state index >= 15 is 0 Å². The number of aliphatic carboxylic acids is 1. The zero-order valence-corrected chi connectivity index (χ0v) is 10.1. The minimum Gasteiger partial charge on any atom is -0.481 e. The fourth-order valence-electron chi connectivity index (χ4n) is 1.71. The average molecular weight is 265 g/mol. The Bertz CT molecular complexity index is 559. The monoisotopic (exact) mass is 264 g/mol. The van der Waals surface area contributed by atoms with Crippen LogP contribution in [0.4, 0.5) is 4.39 Å². The molecule has 0 atom stereocenters. The van der Waals surface area contributed by atoms with Crippen molar-refractivity contribution in [3.63, 3.8) is 0 Å². The molecule has 0 fully saturated rings. The maximum absolute atomic E-state index is 13.2. The van der Waals surface area contributed by atoms with Gasteiger partial charge in [-0.05, 0) is 34.9 Å². The summed E-state index contributed by atoms with van der Waals surface area (Å²) in [5.41, 5.74) is 2.17. The van der Waals surface area contributed by atoms with E-state index in [1.807, 2.05) is 0 Å². The quantitative estimate of drug-likeness (QED) is 0.916. The van der Waals surface area contributed by atoms with Crippen molar-refractivity contribution in [2.45, 2.75) is 6.42 Å². The van der Waals surface area contributed by atoms with E-state index in [4.69, 9.17) is 16.7 Å². The Hall–Kier alpha value is -1.87. The Morgan fingerprint density at radius 1 is 1.11 bits per heavy atom. The van der Waals surface area contributed by atoms with Gasteiger partial charge in [0.25, 0.3) is 0 Å². The molecule has 1 N–H and O–H groups in total. The van der Waals surface area contributed by atoms with Gasteiger partial charge in [-0.3, -0.25) is 4.79 Å². The normalized spacial score (nSPS) is 10.3. The Balaban J connectivity index is 2.31. The molecule has 0 radical (unpaired) electrons. The molecular formula is C14H10ClFO2. The number of rotatable bonds is 3. The second-order valence-corrected chi connectivity index (χ2v) is 4.36. The van der Waals surface area contributed by atoms with E-state index in [0.29, 0.717) is 16.1 Å². The second kappa shape index (κ2) is 5.19. The van der Waals surface area contributed by atoms with Crippen molar-refractivity contribution in [1.29, 1.82) is 0 Å². The van der Waals surface area contributed by atoms with Crippen LogP contribution in [0.5, 0.6) is 0 Å². The minimum atomic E-state index is -0.878. The fraction of sp³-hybridized carbons (Fsp3) is 0.0714. The molecule has 2 nitrogen and oxygen atoms in total. The highest BCUT2D eigenvalue weighted by Crippen LogP contribution is 2.24. The number of hydrogen-bond acceptors (Lipinski definition) is 1. The van der Waals surface area contributed by atoms with Crippen LogP contribution in [0.25, 0.3) is 11.1 Å². The van der Waals surface area contributed by atoms with Crippen LogP contribution >= 0.6 is 11.6 Å². The first kappa shape index (κ1) is 12.6. The number of halogens is 2. The van der Waals surface area contributed by atoms with Crippen LogP contribution in [-0.2, 0) is 11.2 Å². The lowest BCUT2D eigenvalue weighted by Gasteiger charge is -2.04. The molecule has 18 heavy (non-hydrogen) atoms. The van der Waals surface area contributed by atoms with Crippen molar-refractivity contribution in [3.8, 4) is 11.1 Å². The molecule has 0 aliphatic carbocycles. The molecule has 2 aromatic carbocycles. The van der Waals surface area contributed by atoms with E-state index in [9.17, 15) is 9.18 Å². The summed E-state index contributed by atoms with van der Waals surface area (Å²) in [7, 11) is 0. The highest BCUT2D eigenvalue weighted by molar-refractivity contribution is 6.30. The predicted octanol–water partition coefficient (Wildman–Crippen LogP) is 3.77. The van der Waals surface area contributed by atoms with Gasteiger partial charge in [-0.25, -0.2) is 4.39 Å². The Morgan fingerprint density at radius 3 is 2.33 bits per heavy atom. The fourth-order valence-corrected chi connectivity index (χ4v) is 1.93. The summed E-state index contributed by atoms with van der Waals surface area (Å²) in [4.78, 5) is 10.5. The number of carbonyl (C=O) groups is 1. The molecule has 0 bridgehead atoms. The summed E-state index contributed by atoms with van der Waals surface area (Å²) in [6, 6.07) is 11.2. The van der Waals surface area contributed by atoms with Gasteiger partial charge in [0.15, 0.2) is 0 Å². The summed E-state index contributed by atoms with van der Waals surface area (Å²) in [5.74, 6) is -1.27. The van der Waals surface area contributed by atoms with Crippen molar-refractivity contribution in [2.75, 3.05) is 0 Å². The molecule has 0 aromatic heterocycles. The highest BCUT2D eigenvalue weighted by Gasteiger charge is 2.04. The van der Waals surface area contributed by atoms with Gasteiger partial charge in [0, 0.05) is 5.02 Å². The number of carboxylic acid groups (broad SMARTS) is 1. The lowest BCUT2D eigenvalue weighted by molar-refractivity contribution is -0.136. The molecule has 0 heterocycles. The molecule has 92 valence electrons. The number of carboxylic acids is 1. The first-order chi connectivity index (χ1) is 8.54. The maximum Gasteiger partial charge on any atom is 0.307 e. The second-order valence-electron chi connectivity index (χ2n) is 3.93. The van der Waals surface area contributed by atoms with Crippen LogP contribution in [0, 0.1) is 5.82 Å². The molecule has 0 unspecified atom stereocenters. The van der Waals surface area contributed by atoms with Gasteiger partial charge < -0.3 is 5.11 Å². The standard InChI is InChI=1S/C14H10ClFO2/c15-12-6-11(7-13(16)8-12)10-3-1-9(2-4-10)5-14(17)18/h1-4,6-8H,5H2,(H,17,18). The summed E-state index contributed by atoms with van der Waals surface area (Å²) in [6.45, 7) is 0. The summed E-state index contributed by atoms with van der Waals surface area (Å²) >= 11 is 5.78. The van der Waals surface area contributed by atoms with Crippen LogP contribution in [0.2, 0.25) is 5.02 Å². The molecule has 0 aliphatic heterocycles. The van der Waals surface area contributed by atoms with Crippen LogP contribution in [-0.4, -0.2) is 11.1 Å². The summed E-state index contributed by atoms with van der Waals surface area (Å²) < 4.78 is 13.2. The predicted molar refractivity (Wildman–Crippen MR) is 68.2 cm³/mol. The van der Waals surface area contributed by atoms with Gasteiger partial charge >= 0.3 is 5.97 Å². The third kappa shape index (κ3) is 3.08. The topological polar surface area (TPSA) is 37.3 Å². The Morgan fingerprint density at radius 2 is 1.78 bits per heavy atom. The largest absolute Gasteiger partial charge is 0.481 e. The molecule has 0 amide bonds. The van der Waals surface area contributed by atoms with Crippen molar-refractivity contribution >= 4 is 17.6 Å². The highest BCUT2D eigenvalue weighted by atomic mass is 35.5. The van der Waals surface area contributed by atoms with E-state index in [1.165, 1.54) is 12.1 Å². The zero-order valence-electron chi connectivity index (χ0n) is 9.36. The first-order valence-electron chi connectivity index (χ1n) is 5.32. The van der Waals surface area contributed by atoms with Gasteiger partial charge in [0.05, 0.1) is 6.42 Å². The Labute approximate surface area is 109 Å². The number of benzene rings is 2. The zero-order chi connectivity index (χ0) is 13.1. The van der Waals surface area contributed by atoms with Crippen LogP contribution < -0.4 is 0 Å². The van der Waals surface area contributed by atoms with Crippen LogP contribution in [0.15, 0.2) is 42.5 Å². The summed E-state index contributed by atoms with van der Waals surface area (Å²) in [6.07, 6.45) is -0.0236. The van der Waals surface area contributed by atoms with Gasteiger partial charge in [0.1, 0.15) is 5.82 Å². The van der Waals surface area contributed by atoms with E-state index in [0.717, 1.165) is 5.56 Å². The summed E-state index contributed by atoms with van der Waals surface area (Å²) in [5, 5.41) is 8.99. The lowest BCUT2D eigenvalue weighted by atomic mass is 10.0. The Kier molecular flexibility index (Phi) is 3.63. The average Bonchev–Trinajstić information content (AvgIpc) is 2.27. The van der Waals surface area contributed by atoms with E-state index < -0.39 is 11.8 Å². The van der Waals surface area contributed by atoms with Gasteiger partial charge in [0.2, 0.25) is 0 Å². The third-order valence-corrected chi connectivity index (χ3v) is 2.72. The molecule has 0 spiro atoms. The van der Waals surface area contributed by atoms with Crippen LogP contribution in [0.3, 0.4) is 0 Å². The molecular weight excluding hydrogens is 255 g/mol.